The molecule has 0 atom stereocenters. The van der Waals surface area contributed by atoms with E-state index in [1.165, 1.54) is 0 Å². The first-order chi connectivity index (χ1) is 5.76. The van der Waals surface area contributed by atoms with E-state index >= 15 is 0 Å². The summed E-state index contributed by atoms with van der Waals surface area (Å²) in [6.45, 7) is 3.33. The topological polar surface area (TPSA) is 38.1 Å². The fourth-order valence-corrected chi connectivity index (χ4v) is 1.01. The summed E-state index contributed by atoms with van der Waals surface area (Å²) in [6.07, 6.45) is 4.53. The molecule has 1 aromatic rings. The molecule has 0 bridgehead atoms. The molecule has 0 radical (unpaired) electrons. The Kier molecular flexibility index (Phi) is 2.85. The van der Waals surface area contributed by atoms with Crippen molar-refractivity contribution in [1.29, 1.82) is 0 Å². The number of amides is 1. The lowest BCUT2D eigenvalue weighted by Gasteiger charge is -2.12. The van der Waals surface area contributed by atoms with Crippen molar-refractivity contribution in [3.63, 3.8) is 0 Å². The summed E-state index contributed by atoms with van der Waals surface area (Å²) < 4.78 is 1.73. The van der Waals surface area contributed by atoms with Gasteiger partial charge in [-0.2, -0.15) is 5.10 Å². The Hall–Kier alpha value is -1.32. The predicted octanol–water partition coefficient (Wildman–Crippen LogP) is 0.398. The maximum Gasteiger partial charge on any atom is 0.209 e. The van der Waals surface area contributed by atoms with E-state index in [0.29, 0.717) is 6.54 Å². The molecule has 0 aliphatic heterocycles. The van der Waals surface area contributed by atoms with Gasteiger partial charge in [0.1, 0.15) is 0 Å². The highest BCUT2D eigenvalue weighted by atomic mass is 16.1. The Balaban J connectivity index is 2.56. The lowest BCUT2D eigenvalue weighted by Crippen LogP contribution is -2.20. The lowest BCUT2D eigenvalue weighted by molar-refractivity contribution is -0.118. The van der Waals surface area contributed by atoms with E-state index in [1.54, 1.807) is 15.8 Å². The summed E-state index contributed by atoms with van der Waals surface area (Å²) in [5.74, 6) is 0. The van der Waals surface area contributed by atoms with Gasteiger partial charge in [-0.05, 0) is 6.92 Å². The highest BCUT2D eigenvalue weighted by Crippen LogP contribution is 2.00. The van der Waals surface area contributed by atoms with Crippen LogP contribution in [0.3, 0.4) is 0 Å². The molecule has 0 saturated heterocycles. The summed E-state index contributed by atoms with van der Waals surface area (Å²) in [6, 6.07) is 0. The van der Waals surface area contributed by atoms with E-state index in [4.69, 9.17) is 0 Å². The summed E-state index contributed by atoms with van der Waals surface area (Å²) in [7, 11) is 1.86. The molecule has 4 nitrogen and oxygen atoms in total. The molecule has 0 fully saturated rings. The summed E-state index contributed by atoms with van der Waals surface area (Å²) in [5, 5.41) is 4.01. The number of carbonyl (C=O) groups excluding carboxylic acids is 1. The number of hydrogen-bond donors (Lipinski definition) is 0. The number of aryl methyl sites for hydroxylation is 1. The van der Waals surface area contributed by atoms with Gasteiger partial charge in [-0.3, -0.25) is 9.48 Å². The van der Waals surface area contributed by atoms with Crippen LogP contribution < -0.4 is 0 Å². The van der Waals surface area contributed by atoms with Crippen LogP contribution in [-0.2, 0) is 18.4 Å². The van der Waals surface area contributed by atoms with Crippen LogP contribution in [0.15, 0.2) is 12.4 Å². The molecular formula is C8H13N3O. The van der Waals surface area contributed by atoms with E-state index < -0.39 is 0 Å². The van der Waals surface area contributed by atoms with Crippen LogP contribution in [0, 0.1) is 0 Å². The number of nitrogens with zero attached hydrogens (tertiary/aromatic N) is 3. The minimum atomic E-state index is 0.647. The van der Waals surface area contributed by atoms with Gasteiger partial charge >= 0.3 is 0 Å². The van der Waals surface area contributed by atoms with E-state index in [2.05, 4.69) is 5.10 Å². The third-order valence-corrected chi connectivity index (χ3v) is 1.70. The minimum absolute atomic E-state index is 0.647. The minimum Gasteiger partial charge on any atom is -0.341 e. The van der Waals surface area contributed by atoms with Crippen molar-refractivity contribution in [2.75, 3.05) is 6.54 Å². The fraction of sp³-hybridized carbons (Fsp3) is 0.500. The van der Waals surface area contributed by atoms with Crippen molar-refractivity contribution in [2.24, 2.45) is 7.05 Å². The van der Waals surface area contributed by atoms with Gasteiger partial charge in [-0.1, -0.05) is 0 Å². The average Bonchev–Trinajstić information content (AvgIpc) is 2.47. The molecule has 66 valence electrons. The van der Waals surface area contributed by atoms with E-state index in [-0.39, 0.29) is 0 Å². The second kappa shape index (κ2) is 3.90. The molecule has 0 aromatic carbocycles. The number of hydrogen-bond acceptors (Lipinski definition) is 2. The third kappa shape index (κ3) is 2.08. The van der Waals surface area contributed by atoms with Gasteiger partial charge in [0.05, 0.1) is 6.20 Å². The standard InChI is InChI=1S/C8H13N3O/c1-3-11(7-12)6-8-4-9-10(2)5-8/h4-5,7H,3,6H2,1-2H3. The molecule has 1 rings (SSSR count). The largest absolute Gasteiger partial charge is 0.341 e. The summed E-state index contributed by atoms with van der Waals surface area (Å²) in [5.41, 5.74) is 1.06. The second-order valence-electron chi connectivity index (χ2n) is 2.69. The molecule has 0 saturated carbocycles. The smallest absolute Gasteiger partial charge is 0.209 e. The Labute approximate surface area is 71.8 Å². The molecular weight excluding hydrogens is 154 g/mol. The van der Waals surface area contributed by atoms with Crippen molar-refractivity contribution >= 4 is 6.41 Å². The zero-order valence-electron chi connectivity index (χ0n) is 7.40. The molecule has 4 heteroatoms. The zero-order valence-corrected chi connectivity index (χ0v) is 7.40. The van der Waals surface area contributed by atoms with Gasteiger partial charge in [0, 0.05) is 31.9 Å². The van der Waals surface area contributed by atoms with Crippen LogP contribution in [0.4, 0.5) is 0 Å². The first kappa shape index (κ1) is 8.77. The third-order valence-electron chi connectivity index (χ3n) is 1.70. The zero-order chi connectivity index (χ0) is 8.97. The fourth-order valence-electron chi connectivity index (χ4n) is 1.01. The molecule has 0 aliphatic rings. The molecule has 0 aliphatic carbocycles. The SMILES string of the molecule is CCN(C=O)Cc1cnn(C)c1. The van der Waals surface area contributed by atoms with Crippen LogP contribution in [0.2, 0.25) is 0 Å². The Morgan fingerprint density at radius 2 is 2.50 bits per heavy atom. The maximum atomic E-state index is 10.4. The average molecular weight is 167 g/mol. The lowest BCUT2D eigenvalue weighted by atomic mass is 10.3. The first-order valence-corrected chi connectivity index (χ1v) is 3.93. The number of aromatic nitrogens is 2. The van der Waals surface area contributed by atoms with E-state index in [1.807, 2.05) is 20.2 Å². The van der Waals surface area contributed by atoms with Gasteiger partial charge in [0.2, 0.25) is 6.41 Å². The van der Waals surface area contributed by atoms with Gasteiger partial charge in [0.25, 0.3) is 0 Å². The first-order valence-electron chi connectivity index (χ1n) is 3.93. The highest BCUT2D eigenvalue weighted by Gasteiger charge is 2.01. The van der Waals surface area contributed by atoms with E-state index in [9.17, 15) is 4.79 Å². The molecule has 0 unspecified atom stereocenters. The van der Waals surface area contributed by atoms with Crippen molar-refractivity contribution in [3.8, 4) is 0 Å². The quantitative estimate of drug-likeness (QED) is 0.609. The maximum absolute atomic E-state index is 10.4. The van der Waals surface area contributed by atoms with Crippen LogP contribution in [-0.4, -0.2) is 27.6 Å². The summed E-state index contributed by atoms with van der Waals surface area (Å²) >= 11 is 0. The van der Waals surface area contributed by atoms with Gasteiger partial charge in [-0.15, -0.1) is 0 Å². The Morgan fingerprint density at radius 1 is 1.75 bits per heavy atom. The van der Waals surface area contributed by atoms with Crippen molar-refractivity contribution in [1.82, 2.24) is 14.7 Å². The van der Waals surface area contributed by atoms with Crippen LogP contribution >= 0.6 is 0 Å². The van der Waals surface area contributed by atoms with Gasteiger partial charge in [-0.25, -0.2) is 0 Å². The molecule has 0 spiro atoms. The van der Waals surface area contributed by atoms with Crippen molar-refractivity contribution in [2.45, 2.75) is 13.5 Å². The summed E-state index contributed by atoms with van der Waals surface area (Å²) in [4.78, 5) is 12.1. The van der Waals surface area contributed by atoms with Crippen LogP contribution in [0.25, 0.3) is 0 Å². The van der Waals surface area contributed by atoms with E-state index in [0.717, 1.165) is 18.5 Å². The number of rotatable bonds is 4. The normalized spacial score (nSPS) is 9.83. The van der Waals surface area contributed by atoms with Crippen LogP contribution in [0.1, 0.15) is 12.5 Å². The molecule has 1 amide bonds. The van der Waals surface area contributed by atoms with Gasteiger partial charge in [0.15, 0.2) is 0 Å². The Bertz CT molecular complexity index is 257. The highest BCUT2D eigenvalue weighted by molar-refractivity contribution is 5.47. The van der Waals surface area contributed by atoms with Crippen LogP contribution in [0.5, 0.6) is 0 Å². The molecule has 1 heterocycles. The second-order valence-corrected chi connectivity index (χ2v) is 2.69. The molecule has 1 aromatic heterocycles. The number of carbonyl (C=O) groups is 1. The Morgan fingerprint density at radius 3 is 2.92 bits per heavy atom. The van der Waals surface area contributed by atoms with Crippen molar-refractivity contribution < 1.29 is 4.79 Å². The van der Waals surface area contributed by atoms with Crippen molar-refractivity contribution in [3.05, 3.63) is 18.0 Å². The molecule has 0 N–H and O–H groups in total. The monoisotopic (exact) mass is 167 g/mol. The predicted molar refractivity (Wildman–Crippen MR) is 45.4 cm³/mol. The molecule has 12 heavy (non-hydrogen) atoms. The van der Waals surface area contributed by atoms with Gasteiger partial charge < -0.3 is 4.90 Å².